The Labute approximate surface area is 323 Å². The van der Waals surface area contributed by atoms with Crippen molar-refractivity contribution in [3.8, 4) is 17.4 Å². The summed E-state index contributed by atoms with van der Waals surface area (Å²) in [5.74, 6) is -0.539. The molecule has 0 spiro atoms. The van der Waals surface area contributed by atoms with E-state index in [1.807, 2.05) is 12.1 Å². The zero-order chi connectivity index (χ0) is 38.7. The average Bonchev–Trinajstić information content (AvgIpc) is 4.09. The third kappa shape index (κ3) is 8.81. The van der Waals surface area contributed by atoms with Gasteiger partial charge in [-0.2, -0.15) is 0 Å². The summed E-state index contributed by atoms with van der Waals surface area (Å²) in [5.41, 5.74) is 0.223. The van der Waals surface area contributed by atoms with E-state index in [1.54, 1.807) is 13.2 Å². The van der Waals surface area contributed by atoms with Crippen molar-refractivity contribution < 1.29 is 41.8 Å². The highest BCUT2D eigenvalue weighted by Gasteiger charge is 2.62. The summed E-state index contributed by atoms with van der Waals surface area (Å²) in [6.45, 7) is 0.0527. The molecule has 5 bridgehead atoms. The van der Waals surface area contributed by atoms with Crippen molar-refractivity contribution >= 4 is 44.6 Å². The predicted molar refractivity (Wildman–Crippen MR) is 204 cm³/mol. The van der Waals surface area contributed by atoms with Crippen LogP contribution in [0, 0.1) is 5.92 Å². The monoisotopic (exact) mass is 781 g/mol. The Hall–Kier alpha value is -4.14. The van der Waals surface area contributed by atoms with Gasteiger partial charge in [-0.3, -0.25) is 23.9 Å². The van der Waals surface area contributed by atoms with Crippen LogP contribution < -0.4 is 29.6 Å². The lowest BCUT2D eigenvalue weighted by atomic mass is 10.0. The van der Waals surface area contributed by atoms with Crippen molar-refractivity contribution in [3.05, 3.63) is 23.8 Å². The second-order valence-corrected chi connectivity index (χ2v) is 18.1. The van der Waals surface area contributed by atoms with E-state index in [1.165, 1.54) is 12.0 Å². The molecule has 1 aromatic heterocycles. The fourth-order valence-corrected chi connectivity index (χ4v) is 10.0. The van der Waals surface area contributed by atoms with Crippen molar-refractivity contribution in [1.82, 2.24) is 25.2 Å². The maximum Gasteiger partial charge on any atom is 0.259 e. The second kappa shape index (κ2) is 16.5. The van der Waals surface area contributed by atoms with Gasteiger partial charge in [0.25, 0.3) is 5.91 Å². The molecule has 14 nitrogen and oxygen atoms in total. The number of methoxy groups -OCH3 is 2. The number of sulfonamides is 1. The van der Waals surface area contributed by atoms with Crippen LogP contribution in [0.1, 0.15) is 115 Å². The summed E-state index contributed by atoms with van der Waals surface area (Å²) in [6, 6.07) is 3.74. The summed E-state index contributed by atoms with van der Waals surface area (Å²) in [6.07, 6.45) is 11.7. The van der Waals surface area contributed by atoms with E-state index in [-0.39, 0.29) is 30.7 Å². The van der Waals surface area contributed by atoms with Gasteiger partial charge in [-0.25, -0.2) is 13.4 Å². The molecule has 4 fully saturated rings. The number of carbonyl (C=O) groups is 4. The SMILES string of the molecule is COc1cc2c3cc(c(OC)cc3n1)CCCCCCCC(=O)N[C@H]1CCCCCCC[C@@H]3C[C@@]3(C(=O)NS(=O)(=O)C3CC3)NC(=O)[C@@H]3C[C@H](CN3C1=O)O2. The molecule has 0 unspecified atom stereocenters. The van der Waals surface area contributed by atoms with E-state index in [0.29, 0.717) is 67.8 Å². The number of nitrogens with zero attached hydrogens (tertiary/aromatic N) is 2. The lowest BCUT2D eigenvalue weighted by Crippen LogP contribution is -2.58. The molecule has 300 valence electrons. The number of hydrogen-bond donors (Lipinski definition) is 3. The number of amides is 4. The molecule has 3 N–H and O–H groups in total. The maximum absolute atomic E-state index is 14.6. The number of ether oxygens (including phenoxy) is 3. The topological polar surface area (TPSA) is 182 Å². The summed E-state index contributed by atoms with van der Waals surface area (Å²) >= 11 is 0. The molecule has 7 rings (SSSR count). The normalized spacial score (nSPS) is 28.6. The van der Waals surface area contributed by atoms with Gasteiger partial charge in [-0.15, -0.1) is 0 Å². The standard InChI is InChI=1S/C40H55N5O9S/c1-52-33-21-31-29-19-25(33)13-9-5-3-8-12-16-35(46)41-30-15-11-7-4-6-10-14-26-23-40(26,39(49)44-55(50,51)28-17-18-28)43-37(47)32-20-27(24-45(32)38(30)48)54-34(29)22-36(42-31)53-2/h19,21-22,26-28,30,32H,3-18,20,23-24H2,1-2H3,(H,41,46)(H,43,47)(H,44,49)/t26-,27-,30+,32+,40-/m1/s1. The minimum atomic E-state index is -3.86. The van der Waals surface area contributed by atoms with E-state index < -0.39 is 50.8 Å². The summed E-state index contributed by atoms with van der Waals surface area (Å²) in [7, 11) is -0.703. The zero-order valence-electron chi connectivity index (χ0n) is 32.0. The molecule has 1 aromatic carbocycles. The van der Waals surface area contributed by atoms with Gasteiger partial charge in [0.05, 0.1) is 31.5 Å². The van der Waals surface area contributed by atoms with Crippen LogP contribution >= 0.6 is 0 Å². The minimum Gasteiger partial charge on any atom is -0.496 e. The fourth-order valence-electron chi connectivity index (χ4n) is 8.66. The van der Waals surface area contributed by atoms with Crippen LogP contribution in [0.25, 0.3) is 10.9 Å². The van der Waals surface area contributed by atoms with Crippen LogP contribution in [0.15, 0.2) is 18.2 Å². The first-order chi connectivity index (χ1) is 26.5. The Bertz CT molecular complexity index is 1900. The first-order valence-corrected chi connectivity index (χ1v) is 21.8. The Balaban J connectivity index is 1.24. The van der Waals surface area contributed by atoms with Crippen LogP contribution in [-0.4, -0.2) is 91.7 Å². The molecule has 5 aliphatic rings. The van der Waals surface area contributed by atoms with Gasteiger partial charge in [-0.05, 0) is 68.9 Å². The minimum absolute atomic E-state index is 0.0527. The summed E-state index contributed by atoms with van der Waals surface area (Å²) in [5, 5.41) is 6.14. The quantitative estimate of drug-likeness (QED) is 0.398. The maximum atomic E-state index is 14.6. The summed E-state index contributed by atoms with van der Waals surface area (Å²) in [4.78, 5) is 62.3. The molecular formula is C40H55N5O9S. The number of fused-ring (bicyclic) bond motifs is 4. The highest BCUT2D eigenvalue weighted by atomic mass is 32.2. The lowest BCUT2D eigenvalue weighted by Gasteiger charge is -2.30. The number of rotatable bonds is 5. The largest absolute Gasteiger partial charge is 0.496 e. The first-order valence-electron chi connectivity index (χ1n) is 20.2. The number of pyridine rings is 1. The number of benzene rings is 1. The summed E-state index contributed by atoms with van der Waals surface area (Å²) < 4.78 is 46.1. The van der Waals surface area contributed by atoms with Crippen LogP contribution in [0.2, 0.25) is 0 Å². The zero-order valence-corrected chi connectivity index (χ0v) is 32.8. The van der Waals surface area contributed by atoms with Gasteiger partial charge < -0.3 is 29.7 Å². The molecule has 2 aliphatic carbocycles. The molecule has 2 aromatic rings. The van der Waals surface area contributed by atoms with E-state index in [2.05, 4.69) is 20.3 Å². The average molecular weight is 782 g/mol. The highest BCUT2D eigenvalue weighted by molar-refractivity contribution is 7.91. The fraction of sp³-hybridized carbons (Fsp3) is 0.675. The van der Waals surface area contributed by atoms with Crippen molar-refractivity contribution in [1.29, 1.82) is 0 Å². The number of nitrogens with one attached hydrogen (secondary N) is 3. The first kappa shape index (κ1) is 39.1. The van der Waals surface area contributed by atoms with Gasteiger partial charge >= 0.3 is 0 Å². The Morgan fingerprint density at radius 1 is 0.909 bits per heavy atom. The van der Waals surface area contributed by atoms with Crippen molar-refractivity contribution in [2.75, 3.05) is 20.8 Å². The van der Waals surface area contributed by atoms with Crippen molar-refractivity contribution in [3.63, 3.8) is 0 Å². The molecule has 4 amide bonds. The smallest absolute Gasteiger partial charge is 0.259 e. The number of aryl methyl sites for hydroxylation is 1. The van der Waals surface area contributed by atoms with E-state index in [9.17, 15) is 27.6 Å². The van der Waals surface area contributed by atoms with Crippen molar-refractivity contribution in [2.45, 2.75) is 145 Å². The van der Waals surface area contributed by atoms with Crippen LogP contribution in [0.4, 0.5) is 0 Å². The molecular weight excluding hydrogens is 727 g/mol. The van der Waals surface area contributed by atoms with Crippen LogP contribution in [0.5, 0.6) is 17.4 Å². The Morgan fingerprint density at radius 2 is 1.62 bits per heavy atom. The molecule has 4 heterocycles. The number of aromatic nitrogens is 1. The number of carbonyl (C=O) groups excluding carboxylic acids is 4. The van der Waals surface area contributed by atoms with Crippen molar-refractivity contribution in [2.24, 2.45) is 5.92 Å². The van der Waals surface area contributed by atoms with Gasteiger partial charge in [-0.1, -0.05) is 51.4 Å². The molecule has 5 atom stereocenters. The van der Waals surface area contributed by atoms with Crippen LogP contribution in [-0.2, 0) is 35.6 Å². The lowest BCUT2D eigenvalue weighted by molar-refractivity contribution is -0.142. The predicted octanol–water partition coefficient (Wildman–Crippen LogP) is 4.21. The Morgan fingerprint density at radius 3 is 2.35 bits per heavy atom. The third-order valence-electron chi connectivity index (χ3n) is 12.1. The second-order valence-electron chi connectivity index (χ2n) is 16.1. The van der Waals surface area contributed by atoms with Gasteiger partial charge in [0, 0.05) is 30.4 Å². The van der Waals surface area contributed by atoms with E-state index in [0.717, 1.165) is 75.2 Å². The van der Waals surface area contributed by atoms with Gasteiger partial charge in [0.1, 0.15) is 35.2 Å². The Kier molecular flexibility index (Phi) is 11.8. The molecule has 2 saturated heterocycles. The van der Waals surface area contributed by atoms with Gasteiger partial charge in [0.2, 0.25) is 33.6 Å². The third-order valence-corrected chi connectivity index (χ3v) is 13.9. The van der Waals surface area contributed by atoms with E-state index in [4.69, 9.17) is 14.2 Å². The molecule has 55 heavy (non-hydrogen) atoms. The van der Waals surface area contributed by atoms with E-state index >= 15 is 0 Å². The molecule has 3 aliphatic heterocycles. The molecule has 0 radical (unpaired) electrons. The van der Waals surface area contributed by atoms with Crippen LogP contribution in [0.3, 0.4) is 0 Å². The molecule has 15 heteroatoms. The highest BCUT2D eigenvalue weighted by Crippen LogP contribution is 2.48. The van der Waals surface area contributed by atoms with Gasteiger partial charge in [0.15, 0.2) is 0 Å². The molecule has 2 saturated carbocycles. The number of hydrogen-bond acceptors (Lipinski definition) is 10.